The number of urea groups is 1. The molecular formula is C20H24N2O. The Balaban J connectivity index is 1.94. The average molecular weight is 308 g/mol. The molecule has 1 atom stereocenters. The number of rotatable bonds is 1. The molecule has 1 unspecified atom stereocenters. The van der Waals surface area contributed by atoms with Gasteiger partial charge in [-0.1, -0.05) is 42.8 Å². The van der Waals surface area contributed by atoms with Crippen molar-refractivity contribution in [3.8, 4) is 0 Å². The van der Waals surface area contributed by atoms with Crippen molar-refractivity contribution in [2.45, 2.75) is 45.6 Å². The first-order valence-corrected chi connectivity index (χ1v) is 8.15. The van der Waals surface area contributed by atoms with Crippen LogP contribution in [-0.4, -0.2) is 11.6 Å². The van der Waals surface area contributed by atoms with Gasteiger partial charge >= 0.3 is 6.03 Å². The van der Waals surface area contributed by atoms with Gasteiger partial charge in [0.05, 0.1) is 0 Å². The van der Waals surface area contributed by atoms with Gasteiger partial charge in [-0.25, -0.2) is 4.79 Å². The summed E-state index contributed by atoms with van der Waals surface area (Å²) >= 11 is 0. The number of amides is 2. The molecule has 2 aromatic carbocycles. The Hall–Kier alpha value is -2.29. The van der Waals surface area contributed by atoms with E-state index in [9.17, 15) is 4.79 Å². The van der Waals surface area contributed by atoms with Crippen molar-refractivity contribution in [1.82, 2.24) is 0 Å². The second kappa shape index (κ2) is 5.73. The van der Waals surface area contributed by atoms with E-state index in [1.54, 1.807) is 0 Å². The SMILES string of the molecule is Cc1ccc(NC(=O)N2c3ccccc3C(C)CC2(C)C)cc1. The number of anilines is 2. The minimum absolute atomic E-state index is 0.0711. The molecule has 1 N–H and O–H groups in total. The maximum atomic E-state index is 13.0. The van der Waals surface area contributed by atoms with Crippen molar-refractivity contribution >= 4 is 17.4 Å². The summed E-state index contributed by atoms with van der Waals surface area (Å²) < 4.78 is 0. The molecule has 3 heteroatoms. The summed E-state index contributed by atoms with van der Waals surface area (Å²) in [7, 11) is 0. The van der Waals surface area contributed by atoms with E-state index in [0.29, 0.717) is 5.92 Å². The third kappa shape index (κ3) is 2.96. The molecule has 0 fully saturated rings. The minimum atomic E-state index is -0.220. The summed E-state index contributed by atoms with van der Waals surface area (Å²) in [5, 5.41) is 3.04. The highest BCUT2D eigenvalue weighted by molar-refractivity contribution is 6.03. The lowest BCUT2D eigenvalue weighted by molar-refractivity contribution is 0.247. The van der Waals surface area contributed by atoms with Crippen LogP contribution in [0.4, 0.5) is 16.2 Å². The van der Waals surface area contributed by atoms with Gasteiger partial charge in [0.15, 0.2) is 0 Å². The standard InChI is InChI=1S/C20H24N2O/c1-14-9-11-16(12-10-14)21-19(23)22-18-8-6-5-7-17(18)15(2)13-20(22,3)4/h5-12,15H,13H2,1-4H3,(H,21,23). The van der Waals surface area contributed by atoms with E-state index in [2.05, 4.69) is 32.2 Å². The molecular weight excluding hydrogens is 284 g/mol. The number of nitrogens with zero attached hydrogens (tertiary/aromatic N) is 1. The zero-order valence-electron chi connectivity index (χ0n) is 14.3. The van der Waals surface area contributed by atoms with E-state index in [0.717, 1.165) is 17.8 Å². The van der Waals surface area contributed by atoms with Crippen LogP contribution in [0, 0.1) is 6.92 Å². The number of carbonyl (C=O) groups excluding carboxylic acids is 1. The van der Waals surface area contributed by atoms with Crippen LogP contribution in [0.2, 0.25) is 0 Å². The Bertz CT molecular complexity index is 719. The molecule has 0 saturated carbocycles. The van der Waals surface area contributed by atoms with Crippen LogP contribution < -0.4 is 10.2 Å². The van der Waals surface area contributed by atoms with Gasteiger partial charge in [0.25, 0.3) is 0 Å². The maximum Gasteiger partial charge on any atom is 0.326 e. The lowest BCUT2D eigenvalue weighted by atomic mass is 9.80. The van der Waals surface area contributed by atoms with E-state index in [1.807, 2.05) is 54.3 Å². The first kappa shape index (κ1) is 15.6. The van der Waals surface area contributed by atoms with Gasteiger partial charge in [0.2, 0.25) is 0 Å². The molecule has 0 radical (unpaired) electrons. The predicted octanol–water partition coefficient (Wildman–Crippen LogP) is 5.32. The summed E-state index contributed by atoms with van der Waals surface area (Å²) in [6.07, 6.45) is 0.950. The van der Waals surface area contributed by atoms with Crippen molar-refractivity contribution in [2.24, 2.45) is 0 Å². The summed E-state index contributed by atoms with van der Waals surface area (Å²) in [4.78, 5) is 14.9. The molecule has 3 nitrogen and oxygen atoms in total. The zero-order valence-corrected chi connectivity index (χ0v) is 14.3. The molecule has 3 rings (SSSR count). The van der Waals surface area contributed by atoms with Crippen LogP contribution >= 0.6 is 0 Å². The fourth-order valence-corrected chi connectivity index (χ4v) is 3.59. The Morgan fingerprint density at radius 1 is 1.13 bits per heavy atom. The molecule has 0 spiro atoms. The summed E-state index contributed by atoms with van der Waals surface area (Å²) in [5.41, 5.74) is 4.04. The van der Waals surface area contributed by atoms with E-state index in [1.165, 1.54) is 11.1 Å². The van der Waals surface area contributed by atoms with E-state index < -0.39 is 0 Å². The highest BCUT2D eigenvalue weighted by Gasteiger charge is 2.39. The first-order chi connectivity index (χ1) is 10.9. The van der Waals surface area contributed by atoms with E-state index in [4.69, 9.17) is 0 Å². The molecule has 23 heavy (non-hydrogen) atoms. The smallest absolute Gasteiger partial charge is 0.308 e. The number of hydrogen-bond acceptors (Lipinski definition) is 1. The summed E-state index contributed by atoms with van der Waals surface area (Å²) in [6.45, 7) is 8.54. The molecule has 2 amide bonds. The van der Waals surface area contributed by atoms with Crippen LogP contribution in [0.3, 0.4) is 0 Å². The number of nitrogens with one attached hydrogen (secondary N) is 1. The van der Waals surface area contributed by atoms with E-state index in [-0.39, 0.29) is 11.6 Å². The van der Waals surface area contributed by atoms with E-state index >= 15 is 0 Å². The molecule has 1 heterocycles. The van der Waals surface area contributed by atoms with Crippen LogP contribution in [0.5, 0.6) is 0 Å². The number of aryl methyl sites for hydroxylation is 1. The van der Waals surface area contributed by atoms with Gasteiger partial charge in [0.1, 0.15) is 0 Å². The molecule has 120 valence electrons. The maximum absolute atomic E-state index is 13.0. The number of para-hydroxylation sites is 1. The molecule has 0 aliphatic carbocycles. The van der Waals surface area contributed by atoms with Crippen LogP contribution in [0.15, 0.2) is 48.5 Å². The van der Waals surface area contributed by atoms with Gasteiger partial charge in [-0.3, -0.25) is 4.90 Å². The topological polar surface area (TPSA) is 32.3 Å². The van der Waals surface area contributed by atoms with Crippen molar-refractivity contribution < 1.29 is 4.79 Å². The molecule has 2 aromatic rings. The Kier molecular flexibility index (Phi) is 3.88. The Labute approximate surface area is 138 Å². The van der Waals surface area contributed by atoms with Crippen molar-refractivity contribution in [2.75, 3.05) is 10.2 Å². The van der Waals surface area contributed by atoms with Crippen molar-refractivity contribution in [1.29, 1.82) is 0 Å². The molecule has 1 aliphatic rings. The third-order valence-corrected chi connectivity index (χ3v) is 4.63. The molecule has 0 aromatic heterocycles. The number of benzene rings is 2. The predicted molar refractivity (Wildman–Crippen MR) is 96.2 cm³/mol. The summed E-state index contributed by atoms with van der Waals surface area (Å²) in [6, 6.07) is 16.0. The Morgan fingerprint density at radius 3 is 2.48 bits per heavy atom. The number of hydrogen-bond donors (Lipinski definition) is 1. The lowest BCUT2D eigenvalue weighted by Crippen LogP contribution is -2.53. The largest absolute Gasteiger partial charge is 0.326 e. The van der Waals surface area contributed by atoms with Gasteiger partial charge < -0.3 is 5.32 Å². The second-order valence-corrected chi connectivity index (χ2v) is 7.11. The summed E-state index contributed by atoms with van der Waals surface area (Å²) in [5.74, 6) is 0.449. The normalized spacial score (nSPS) is 19.1. The van der Waals surface area contributed by atoms with Gasteiger partial charge in [-0.05, 0) is 56.9 Å². The van der Waals surface area contributed by atoms with Crippen molar-refractivity contribution in [3.63, 3.8) is 0 Å². The highest BCUT2D eigenvalue weighted by atomic mass is 16.2. The van der Waals surface area contributed by atoms with Gasteiger partial charge in [-0.2, -0.15) is 0 Å². The number of fused-ring (bicyclic) bond motifs is 1. The fraction of sp³-hybridized carbons (Fsp3) is 0.350. The van der Waals surface area contributed by atoms with Gasteiger partial charge in [-0.15, -0.1) is 0 Å². The Morgan fingerprint density at radius 2 is 1.78 bits per heavy atom. The number of carbonyl (C=O) groups is 1. The average Bonchev–Trinajstić information content (AvgIpc) is 2.49. The minimum Gasteiger partial charge on any atom is -0.308 e. The van der Waals surface area contributed by atoms with Crippen molar-refractivity contribution in [3.05, 3.63) is 59.7 Å². The molecule has 1 aliphatic heterocycles. The lowest BCUT2D eigenvalue weighted by Gasteiger charge is -2.45. The van der Waals surface area contributed by atoms with Crippen LogP contribution in [0.1, 0.15) is 44.2 Å². The van der Waals surface area contributed by atoms with Crippen LogP contribution in [-0.2, 0) is 0 Å². The molecule has 0 saturated heterocycles. The van der Waals surface area contributed by atoms with Gasteiger partial charge in [0, 0.05) is 16.9 Å². The zero-order chi connectivity index (χ0) is 16.6. The highest BCUT2D eigenvalue weighted by Crippen LogP contribution is 2.43. The molecule has 0 bridgehead atoms. The monoisotopic (exact) mass is 308 g/mol. The third-order valence-electron chi connectivity index (χ3n) is 4.63. The second-order valence-electron chi connectivity index (χ2n) is 7.11. The van der Waals surface area contributed by atoms with Crippen LogP contribution in [0.25, 0.3) is 0 Å². The fourth-order valence-electron chi connectivity index (χ4n) is 3.59. The quantitative estimate of drug-likeness (QED) is 0.759. The first-order valence-electron chi connectivity index (χ1n) is 8.15.